The maximum Gasteiger partial charge on any atom is 0.278 e. The second kappa shape index (κ2) is 13.1. The minimum absolute atomic E-state index is 0.0510. The van der Waals surface area contributed by atoms with E-state index >= 15 is 0 Å². The van der Waals surface area contributed by atoms with Crippen molar-refractivity contribution >= 4 is 34.3 Å². The number of sulfonamides is 1. The summed E-state index contributed by atoms with van der Waals surface area (Å²) in [5.74, 6) is -3.14. The first-order chi connectivity index (χ1) is 19.1. The number of anilines is 2. The molecule has 14 heteroatoms. The molecule has 1 fully saturated rings. The van der Waals surface area contributed by atoms with Gasteiger partial charge >= 0.3 is 0 Å². The summed E-state index contributed by atoms with van der Waals surface area (Å²) in [5.41, 5.74) is 0.631. The van der Waals surface area contributed by atoms with Crippen LogP contribution in [0.1, 0.15) is 64.6 Å². The first-order valence-corrected chi connectivity index (χ1v) is 15.2. The van der Waals surface area contributed by atoms with Gasteiger partial charge < -0.3 is 10.2 Å². The molecule has 2 heterocycles. The lowest BCUT2D eigenvalue weighted by Gasteiger charge is -2.31. The van der Waals surface area contributed by atoms with Crippen LogP contribution in [0.4, 0.5) is 20.4 Å². The molecule has 0 atom stereocenters. The second-order valence-electron chi connectivity index (χ2n) is 11.0. The summed E-state index contributed by atoms with van der Waals surface area (Å²) in [5, 5.41) is 3.17. The van der Waals surface area contributed by atoms with Crippen LogP contribution in [0.2, 0.25) is 0 Å². The lowest BCUT2D eigenvalue weighted by atomic mass is 9.91. The van der Waals surface area contributed by atoms with Gasteiger partial charge in [-0.3, -0.25) is 14.1 Å². The number of aryl methyl sites for hydroxylation is 1. The van der Waals surface area contributed by atoms with Crippen LogP contribution in [0, 0.1) is 6.92 Å². The van der Waals surface area contributed by atoms with E-state index in [1.807, 2.05) is 13.8 Å². The molecule has 2 aromatic heterocycles. The summed E-state index contributed by atoms with van der Waals surface area (Å²) in [7, 11) is 0.148. The summed E-state index contributed by atoms with van der Waals surface area (Å²) in [4.78, 5) is 33.3. The van der Waals surface area contributed by atoms with Gasteiger partial charge in [0.15, 0.2) is 0 Å². The normalized spacial score (nSPS) is 18.5. The van der Waals surface area contributed by atoms with Crippen LogP contribution < -0.4 is 15.6 Å². The average Bonchev–Trinajstić information content (AvgIpc) is 2.89. The van der Waals surface area contributed by atoms with Gasteiger partial charge in [-0.2, -0.15) is 0 Å². The first-order valence-electron chi connectivity index (χ1n) is 13.6. The number of nitrogens with one attached hydrogen (secondary N) is 2. The maximum absolute atomic E-state index is 13.6. The van der Waals surface area contributed by atoms with Crippen molar-refractivity contribution in [1.82, 2.24) is 19.4 Å². The SMILES string of the molecule is C=NC(=NC1CCC(N(C)C)CC1)Nc1c(C)nc(-c2ccc(NS(=O)(=O)CCC(C)(F)F)nc2)c(=O)n1C(C)C. The smallest absolute Gasteiger partial charge is 0.278 e. The van der Waals surface area contributed by atoms with Crippen LogP contribution in [0.5, 0.6) is 0 Å². The van der Waals surface area contributed by atoms with Crippen LogP contribution >= 0.6 is 0 Å². The molecule has 226 valence electrons. The van der Waals surface area contributed by atoms with Gasteiger partial charge in [0.25, 0.3) is 5.56 Å². The summed E-state index contributed by atoms with van der Waals surface area (Å²) in [6, 6.07) is 3.26. The summed E-state index contributed by atoms with van der Waals surface area (Å²) in [6.07, 6.45) is 4.45. The van der Waals surface area contributed by atoms with Crippen molar-refractivity contribution in [3.63, 3.8) is 0 Å². The number of guanidine groups is 1. The number of aromatic nitrogens is 3. The zero-order valence-electron chi connectivity index (χ0n) is 24.5. The third kappa shape index (κ3) is 8.86. The molecule has 0 unspecified atom stereocenters. The van der Waals surface area contributed by atoms with Gasteiger partial charge in [-0.25, -0.2) is 37.2 Å². The van der Waals surface area contributed by atoms with Crippen LogP contribution in [-0.4, -0.2) is 78.4 Å². The molecule has 11 nitrogen and oxygen atoms in total. The van der Waals surface area contributed by atoms with Gasteiger partial charge in [-0.15, -0.1) is 0 Å². The molecular formula is C27H40F2N8O3S. The van der Waals surface area contributed by atoms with Crippen molar-refractivity contribution in [3.05, 3.63) is 34.4 Å². The molecule has 0 aromatic carbocycles. The fourth-order valence-corrected chi connectivity index (χ4v) is 5.87. The molecule has 0 saturated heterocycles. The Bertz CT molecular complexity index is 1410. The van der Waals surface area contributed by atoms with Crippen molar-refractivity contribution in [1.29, 1.82) is 0 Å². The van der Waals surface area contributed by atoms with Crippen molar-refractivity contribution < 1.29 is 17.2 Å². The Morgan fingerprint density at radius 2 is 1.90 bits per heavy atom. The number of aliphatic imine (C=N–C) groups is 2. The minimum Gasteiger partial charge on any atom is -0.309 e. The van der Waals surface area contributed by atoms with E-state index < -0.39 is 28.1 Å². The van der Waals surface area contributed by atoms with Crippen molar-refractivity contribution in [2.75, 3.05) is 29.9 Å². The Kier molecular flexibility index (Phi) is 10.3. The van der Waals surface area contributed by atoms with Crippen LogP contribution in [0.15, 0.2) is 33.1 Å². The molecule has 1 aliphatic carbocycles. The highest BCUT2D eigenvalue weighted by Crippen LogP contribution is 2.26. The Morgan fingerprint density at radius 1 is 1.24 bits per heavy atom. The Hall–Kier alpha value is -3.26. The first kappa shape index (κ1) is 32.3. The van der Waals surface area contributed by atoms with E-state index in [4.69, 9.17) is 4.99 Å². The van der Waals surface area contributed by atoms with Gasteiger partial charge in [0.05, 0.1) is 17.5 Å². The van der Waals surface area contributed by atoms with E-state index in [1.54, 1.807) is 11.5 Å². The Labute approximate surface area is 240 Å². The molecule has 3 rings (SSSR count). The zero-order valence-corrected chi connectivity index (χ0v) is 25.3. The topological polar surface area (TPSA) is 134 Å². The van der Waals surface area contributed by atoms with Crippen LogP contribution in [0.25, 0.3) is 11.3 Å². The lowest BCUT2D eigenvalue weighted by Crippen LogP contribution is -2.34. The third-order valence-electron chi connectivity index (χ3n) is 6.99. The molecule has 2 N–H and O–H groups in total. The van der Waals surface area contributed by atoms with Crippen LogP contribution in [0.3, 0.4) is 0 Å². The zero-order chi connectivity index (χ0) is 30.5. The largest absolute Gasteiger partial charge is 0.309 e. The van der Waals surface area contributed by atoms with E-state index in [0.29, 0.717) is 36.0 Å². The van der Waals surface area contributed by atoms with E-state index in [0.717, 1.165) is 25.7 Å². The highest BCUT2D eigenvalue weighted by molar-refractivity contribution is 7.92. The van der Waals surface area contributed by atoms with Crippen LogP contribution in [-0.2, 0) is 10.0 Å². The summed E-state index contributed by atoms with van der Waals surface area (Å²) >= 11 is 0. The number of halogens is 2. The van der Waals surface area contributed by atoms with Gasteiger partial charge in [0.2, 0.25) is 21.9 Å². The molecule has 41 heavy (non-hydrogen) atoms. The Morgan fingerprint density at radius 3 is 2.41 bits per heavy atom. The molecule has 0 spiro atoms. The highest BCUT2D eigenvalue weighted by Gasteiger charge is 2.26. The minimum atomic E-state index is -4.03. The predicted octanol–water partition coefficient (Wildman–Crippen LogP) is 4.32. The molecule has 0 aliphatic heterocycles. The number of pyridine rings is 1. The summed E-state index contributed by atoms with van der Waals surface area (Å²) in [6.45, 7) is 9.81. The quantitative estimate of drug-likeness (QED) is 0.309. The van der Waals surface area contributed by atoms with Crippen molar-refractivity contribution in [2.45, 2.75) is 83.8 Å². The fourth-order valence-electron chi connectivity index (χ4n) is 4.70. The number of hydrogen-bond donors (Lipinski definition) is 2. The molecule has 1 saturated carbocycles. The fraction of sp³-hybridized carbons (Fsp3) is 0.593. The predicted molar refractivity (Wildman–Crippen MR) is 160 cm³/mol. The van der Waals surface area contributed by atoms with E-state index in [1.165, 1.54) is 18.3 Å². The lowest BCUT2D eigenvalue weighted by molar-refractivity contribution is 0.0189. The number of nitrogens with zero attached hydrogens (tertiary/aromatic N) is 6. The molecule has 2 aromatic rings. The summed E-state index contributed by atoms with van der Waals surface area (Å²) < 4.78 is 54.2. The Balaban J connectivity index is 1.85. The highest BCUT2D eigenvalue weighted by atomic mass is 32.2. The van der Waals surface area contributed by atoms with Crippen molar-refractivity contribution in [3.8, 4) is 11.3 Å². The molecular weight excluding hydrogens is 554 g/mol. The number of rotatable bonds is 10. The van der Waals surface area contributed by atoms with E-state index in [-0.39, 0.29) is 29.2 Å². The molecule has 1 aliphatic rings. The molecule has 0 bridgehead atoms. The maximum atomic E-state index is 13.6. The third-order valence-corrected chi connectivity index (χ3v) is 8.25. The average molecular weight is 595 g/mol. The van der Waals surface area contributed by atoms with Gasteiger partial charge in [-0.1, -0.05) is 0 Å². The van der Waals surface area contributed by atoms with Gasteiger partial charge in [0, 0.05) is 30.3 Å². The number of alkyl halides is 2. The number of hydrogen-bond acceptors (Lipinski definition) is 7. The molecule has 0 radical (unpaired) electrons. The van der Waals surface area contributed by atoms with Crippen molar-refractivity contribution in [2.24, 2.45) is 9.98 Å². The van der Waals surface area contributed by atoms with Gasteiger partial charge in [0.1, 0.15) is 17.3 Å². The molecule has 0 amide bonds. The van der Waals surface area contributed by atoms with E-state index in [2.05, 4.69) is 50.7 Å². The van der Waals surface area contributed by atoms with E-state index in [9.17, 15) is 22.0 Å². The monoisotopic (exact) mass is 594 g/mol. The second-order valence-corrected chi connectivity index (χ2v) is 12.8. The standard InChI is InChI=1S/C27H40F2N8O3S/c1-17(2)37-24(34-26(30-5)33-20-9-11-21(12-10-20)36(6)7)18(3)32-23(25(37)38)19-8-13-22(31-16-19)35-41(39,40)15-14-27(4,28)29/h8,13,16-17,20-21H,5,9-12,14-15H2,1-4,6-7H3,(H,31,35)(H,33,34). The van der Waals surface area contributed by atoms with Gasteiger partial charge in [-0.05, 0) is 86.3 Å².